The van der Waals surface area contributed by atoms with Gasteiger partial charge in [-0.3, -0.25) is 0 Å². The van der Waals surface area contributed by atoms with E-state index < -0.39 is 0 Å². The molecular formula is C16H14N4OS2. The average Bonchev–Trinajstić information content (AvgIpc) is 3.14. The largest absolute Gasteiger partial charge is 0.497 e. The van der Waals surface area contributed by atoms with Crippen molar-refractivity contribution >= 4 is 44.5 Å². The number of hydrogen-bond donors (Lipinski definition) is 1. The maximum absolute atomic E-state index is 5.20. The molecule has 0 atom stereocenters. The number of methoxy groups -OCH3 is 1. The van der Waals surface area contributed by atoms with Gasteiger partial charge in [-0.25, -0.2) is 9.97 Å². The Hall–Kier alpha value is -2.12. The fourth-order valence-electron chi connectivity index (χ4n) is 2.54. The van der Waals surface area contributed by atoms with Crippen LogP contribution in [0.15, 0.2) is 35.6 Å². The summed E-state index contributed by atoms with van der Waals surface area (Å²) in [6.45, 7) is 0. The van der Waals surface area contributed by atoms with Crippen LogP contribution in [-0.4, -0.2) is 32.7 Å². The first-order valence-electron chi connectivity index (χ1n) is 7.08. The molecule has 0 bridgehead atoms. The monoisotopic (exact) mass is 342 g/mol. The van der Waals surface area contributed by atoms with Gasteiger partial charge in [0.25, 0.3) is 0 Å². The zero-order valence-electron chi connectivity index (χ0n) is 12.7. The van der Waals surface area contributed by atoms with E-state index in [9.17, 15) is 0 Å². The molecule has 7 heteroatoms. The molecule has 0 radical (unpaired) electrons. The van der Waals surface area contributed by atoms with E-state index in [2.05, 4.69) is 31.5 Å². The van der Waals surface area contributed by atoms with Crippen LogP contribution in [0.1, 0.15) is 11.3 Å². The Balaban J connectivity index is 1.74. The Morgan fingerprint density at radius 1 is 1.26 bits per heavy atom. The van der Waals surface area contributed by atoms with Crippen molar-refractivity contribution in [1.29, 1.82) is 0 Å². The number of rotatable bonds is 4. The van der Waals surface area contributed by atoms with Gasteiger partial charge in [-0.05, 0) is 35.5 Å². The number of benzene rings is 1. The van der Waals surface area contributed by atoms with E-state index in [1.165, 1.54) is 17.1 Å². The predicted octanol–water partition coefficient (Wildman–Crippen LogP) is 3.89. The number of fused-ring (bicyclic) bond motifs is 3. The average molecular weight is 342 g/mol. The molecule has 5 nitrogen and oxygen atoms in total. The second-order valence-electron chi connectivity index (χ2n) is 5.10. The molecule has 4 aromatic rings. The lowest BCUT2D eigenvalue weighted by molar-refractivity contribution is 0.414. The van der Waals surface area contributed by atoms with Gasteiger partial charge in [0.1, 0.15) is 11.4 Å². The molecule has 0 fully saturated rings. The molecular weight excluding hydrogens is 328 g/mol. The topological polar surface area (TPSA) is 63.7 Å². The summed E-state index contributed by atoms with van der Waals surface area (Å²) in [6.07, 6.45) is 4.63. The van der Waals surface area contributed by atoms with Gasteiger partial charge < -0.3 is 9.72 Å². The van der Waals surface area contributed by atoms with E-state index in [0.29, 0.717) is 0 Å². The molecule has 3 aromatic heterocycles. The van der Waals surface area contributed by atoms with Crippen molar-refractivity contribution in [3.05, 3.63) is 41.7 Å². The lowest BCUT2D eigenvalue weighted by Gasteiger charge is -2.01. The zero-order chi connectivity index (χ0) is 15.8. The van der Waals surface area contributed by atoms with E-state index in [0.717, 1.165) is 44.3 Å². The van der Waals surface area contributed by atoms with Gasteiger partial charge in [0.2, 0.25) is 0 Å². The molecule has 0 saturated heterocycles. The van der Waals surface area contributed by atoms with Crippen LogP contribution >= 0.6 is 23.3 Å². The summed E-state index contributed by atoms with van der Waals surface area (Å²) in [4.78, 5) is 12.3. The summed E-state index contributed by atoms with van der Waals surface area (Å²) in [7, 11) is 1.67. The van der Waals surface area contributed by atoms with Crippen LogP contribution in [-0.2, 0) is 6.42 Å². The van der Waals surface area contributed by atoms with E-state index in [-0.39, 0.29) is 0 Å². The molecule has 0 saturated carbocycles. The van der Waals surface area contributed by atoms with Crippen LogP contribution in [0.5, 0.6) is 5.75 Å². The lowest BCUT2D eigenvalue weighted by atomic mass is 10.1. The summed E-state index contributed by atoms with van der Waals surface area (Å²) in [6, 6.07) is 8.08. The normalized spacial score (nSPS) is 11.4. The molecule has 0 aliphatic carbocycles. The highest BCUT2D eigenvalue weighted by Crippen LogP contribution is 2.31. The van der Waals surface area contributed by atoms with E-state index >= 15 is 0 Å². The van der Waals surface area contributed by atoms with Crippen LogP contribution < -0.4 is 4.74 Å². The summed E-state index contributed by atoms with van der Waals surface area (Å²) in [5.41, 5.74) is 4.18. The van der Waals surface area contributed by atoms with Crippen molar-refractivity contribution in [2.75, 3.05) is 13.4 Å². The van der Waals surface area contributed by atoms with Crippen LogP contribution in [0.25, 0.3) is 21.3 Å². The molecule has 116 valence electrons. The van der Waals surface area contributed by atoms with E-state index in [1.807, 2.05) is 24.6 Å². The van der Waals surface area contributed by atoms with E-state index in [4.69, 9.17) is 4.74 Å². The number of hydrogen-bond acceptors (Lipinski definition) is 6. The number of aromatic amines is 1. The highest BCUT2D eigenvalue weighted by Gasteiger charge is 2.14. The Kier molecular flexibility index (Phi) is 3.66. The maximum Gasteiger partial charge on any atom is 0.189 e. The quantitative estimate of drug-likeness (QED) is 0.450. The number of nitrogens with one attached hydrogen (secondary N) is 1. The molecule has 0 aliphatic rings. The molecule has 23 heavy (non-hydrogen) atoms. The molecule has 0 aliphatic heterocycles. The van der Waals surface area contributed by atoms with Gasteiger partial charge >= 0.3 is 0 Å². The Labute approximate surface area is 141 Å². The Morgan fingerprint density at radius 3 is 2.83 bits per heavy atom. The Morgan fingerprint density at radius 2 is 2.09 bits per heavy atom. The van der Waals surface area contributed by atoms with Gasteiger partial charge in [-0.15, -0.1) is 0 Å². The Bertz CT molecular complexity index is 975. The summed E-state index contributed by atoms with van der Waals surface area (Å²) < 4.78 is 10.9. The standard InChI is InChI=1S/C16H14N4OS2/c1-21-10-5-3-9(4-6-10)7-12-13-14(23-20-12)11-8-17-16(22-2)19-15(11)18-13/h3-6,8H,7H2,1-2H3,(H,17,18,19). The minimum absolute atomic E-state index is 0.774. The molecule has 4 rings (SSSR count). The minimum atomic E-state index is 0.774. The number of ether oxygens (including phenoxy) is 1. The van der Waals surface area contributed by atoms with Crippen molar-refractivity contribution in [1.82, 2.24) is 19.3 Å². The zero-order valence-corrected chi connectivity index (χ0v) is 14.3. The fraction of sp³-hybridized carbons (Fsp3) is 0.188. The smallest absolute Gasteiger partial charge is 0.189 e. The van der Waals surface area contributed by atoms with E-state index in [1.54, 1.807) is 18.9 Å². The van der Waals surface area contributed by atoms with Crippen molar-refractivity contribution in [3.63, 3.8) is 0 Å². The van der Waals surface area contributed by atoms with Gasteiger partial charge in [-0.1, -0.05) is 23.9 Å². The van der Waals surface area contributed by atoms with Crippen LogP contribution in [0.4, 0.5) is 0 Å². The van der Waals surface area contributed by atoms with Crippen molar-refractivity contribution in [3.8, 4) is 5.75 Å². The van der Waals surface area contributed by atoms with Gasteiger partial charge in [0.05, 0.1) is 28.4 Å². The first-order valence-corrected chi connectivity index (χ1v) is 9.08. The summed E-state index contributed by atoms with van der Waals surface area (Å²) >= 11 is 3.04. The number of nitrogens with zero attached hydrogens (tertiary/aromatic N) is 3. The van der Waals surface area contributed by atoms with Crippen LogP contribution in [0.2, 0.25) is 0 Å². The lowest BCUT2D eigenvalue weighted by Crippen LogP contribution is -1.90. The maximum atomic E-state index is 5.20. The second-order valence-corrected chi connectivity index (χ2v) is 6.65. The van der Waals surface area contributed by atoms with Gasteiger partial charge in [-0.2, -0.15) is 4.37 Å². The molecule has 1 aromatic carbocycles. The molecule has 0 unspecified atom stereocenters. The van der Waals surface area contributed by atoms with Crippen molar-refractivity contribution in [2.24, 2.45) is 0 Å². The molecule has 0 amide bonds. The molecule has 0 spiro atoms. The number of H-pyrrole nitrogens is 1. The minimum Gasteiger partial charge on any atom is -0.497 e. The van der Waals surface area contributed by atoms with Crippen LogP contribution in [0, 0.1) is 0 Å². The molecule has 1 N–H and O–H groups in total. The summed E-state index contributed by atoms with van der Waals surface area (Å²) in [5.74, 6) is 0.864. The van der Waals surface area contributed by atoms with Gasteiger partial charge in [0.15, 0.2) is 5.16 Å². The highest BCUT2D eigenvalue weighted by atomic mass is 32.2. The second kappa shape index (κ2) is 5.82. The van der Waals surface area contributed by atoms with Crippen molar-refractivity contribution in [2.45, 2.75) is 11.6 Å². The number of thioether (sulfide) groups is 1. The summed E-state index contributed by atoms with van der Waals surface area (Å²) in [5, 5.41) is 1.81. The third-order valence-corrected chi connectivity index (χ3v) is 5.21. The van der Waals surface area contributed by atoms with Crippen molar-refractivity contribution < 1.29 is 4.74 Å². The SMILES string of the molecule is COc1ccc(Cc2nsc3c2[nH]c2nc(SC)ncc23)cc1. The number of aromatic nitrogens is 4. The van der Waals surface area contributed by atoms with Crippen LogP contribution in [0.3, 0.4) is 0 Å². The third kappa shape index (κ3) is 2.55. The third-order valence-electron chi connectivity index (χ3n) is 3.73. The highest BCUT2D eigenvalue weighted by molar-refractivity contribution is 7.98. The molecule has 3 heterocycles. The van der Waals surface area contributed by atoms with Gasteiger partial charge in [0, 0.05) is 12.6 Å². The predicted molar refractivity (Wildman–Crippen MR) is 94.6 cm³/mol. The fourth-order valence-corrected chi connectivity index (χ4v) is 3.74. The first-order chi connectivity index (χ1) is 11.3. The first kappa shape index (κ1) is 14.5.